The van der Waals surface area contributed by atoms with Crippen LogP contribution in [0, 0.1) is 0 Å². The van der Waals surface area contributed by atoms with Gasteiger partial charge in [0.05, 0.1) is 22.8 Å². The zero-order chi connectivity index (χ0) is 41.0. The molecule has 0 N–H and O–H groups in total. The molecule has 310 valence electrons. The van der Waals surface area contributed by atoms with Crippen LogP contribution in [0.5, 0.6) is 17.2 Å². The lowest BCUT2D eigenvalue weighted by Gasteiger charge is -2.38. The third-order valence-corrected chi connectivity index (χ3v) is 19.2. The molecule has 0 unspecified atom stereocenters. The lowest BCUT2D eigenvalue weighted by atomic mass is 10.1. The van der Waals surface area contributed by atoms with E-state index in [0.29, 0.717) is 23.7 Å². The van der Waals surface area contributed by atoms with E-state index in [0.717, 1.165) is 31.7 Å². The molecule has 56 heavy (non-hydrogen) atoms. The predicted molar refractivity (Wildman–Crippen MR) is 239 cm³/mol. The van der Waals surface area contributed by atoms with Gasteiger partial charge < -0.3 is 22.4 Å². The zero-order valence-corrected chi connectivity index (χ0v) is 39.4. The van der Waals surface area contributed by atoms with Gasteiger partial charge >= 0.3 is 20.5 Å². The quantitative estimate of drug-likeness (QED) is 0.0327. The predicted octanol–water partition coefficient (Wildman–Crippen LogP) is 14.0. The number of ether oxygens (including phenoxy) is 3. The van der Waals surface area contributed by atoms with Crippen molar-refractivity contribution >= 4 is 48.7 Å². The lowest BCUT2D eigenvalue weighted by Crippen LogP contribution is -2.52. The molecule has 0 spiro atoms. The van der Waals surface area contributed by atoms with Crippen molar-refractivity contribution in [1.29, 1.82) is 0 Å². The van der Waals surface area contributed by atoms with Crippen LogP contribution < -0.4 is 14.2 Å². The second kappa shape index (κ2) is 24.2. The molecule has 0 heterocycles. The Balaban J connectivity index is 1.28. The van der Waals surface area contributed by atoms with E-state index in [1.165, 1.54) is 94.4 Å². The van der Waals surface area contributed by atoms with E-state index in [9.17, 15) is 9.59 Å². The number of carbonyl (C=O) groups excluding carboxylic acids is 2. The number of rotatable bonds is 27. The van der Waals surface area contributed by atoms with E-state index >= 15 is 0 Å². The Labute approximate surface area is 346 Å². The molecule has 0 aliphatic carbocycles. The van der Waals surface area contributed by atoms with Crippen molar-refractivity contribution in [3.05, 3.63) is 88.4 Å². The minimum absolute atomic E-state index is 0.139. The number of carbonyl (C=O) groups is 2. The number of unbranched alkanes of at least 4 members (excludes halogenated alkanes) is 12. The smallest absolute Gasteiger partial charge is 0.345 e. The molecule has 7 nitrogen and oxygen atoms in total. The number of hydrogen-bond donors (Lipinski definition) is 0. The molecule has 3 aromatic carbocycles. The average Bonchev–Trinajstić information content (AvgIpc) is 3.11. The van der Waals surface area contributed by atoms with Gasteiger partial charge in [0.15, 0.2) is 16.6 Å². The SMILES string of the molecule is CCCCCCCc1ccc(OC(=O)c2ccc(OC(=O)c3ccc(OCCCCCCCCCCC[Si](C)(O[Si](C)(C)C)O[Si](C)(C)C)cc3)cc2Cl)cc1. The highest BCUT2D eigenvalue weighted by Crippen LogP contribution is 2.28. The van der Waals surface area contributed by atoms with Crippen molar-refractivity contribution in [2.45, 2.75) is 155 Å². The highest BCUT2D eigenvalue weighted by atomic mass is 35.5. The zero-order valence-electron chi connectivity index (χ0n) is 35.6. The Kier molecular flexibility index (Phi) is 20.6. The summed E-state index contributed by atoms with van der Waals surface area (Å²) in [6.45, 7) is 18.8. The lowest BCUT2D eigenvalue weighted by molar-refractivity contribution is 0.0730. The summed E-state index contributed by atoms with van der Waals surface area (Å²) in [6.07, 6.45) is 18.1. The van der Waals surface area contributed by atoms with E-state index in [4.69, 9.17) is 34.0 Å². The standard InChI is InChI=1S/C45H69ClO7Si3/c1-9-10-11-17-20-23-37-24-28-40(29-25-37)50-45(48)42-33-32-41(36-43(42)46)51-44(47)38-26-30-39(31-27-38)49-34-21-18-15-13-12-14-16-19-22-35-56(8,52-54(2,3)4)53-55(5,6)7/h24-33,36H,9-23,34-35H2,1-8H3. The second-order valence-electron chi connectivity index (χ2n) is 17.1. The first-order valence-electron chi connectivity index (χ1n) is 21.0. The maximum Gasteiger partial charge on any atom is 0.345 e. The van der Waals surface area contributed by atoms with Crippen LogP contribution in [0.4, 0.5) is 0 Å². The summed E-state index contributed by atoms with van der Waals surface area (Å²) in [5, 5.41) is 0.139. The molecule has 11 heteroatoms. The number of aryl methyl sites for hydroxylation is 1. The Hall–Kier alpha value is -2.74. The minimum Gasteiger partial charge on any atom is -0.494 e. The van der Waals surface area contributed by atoms with E-state index in [-0.39, 0.29) is 16.3 Å². The van der Waals surface area contributed by atoms with E-state index in [1.807, 2.05) is 12.1 Å². The van der Waals surface area contributed by atoms with Crippen molar-refractivity contribution in [3.63, 3.8) is 0 Å². The Morgan fingerprint density at radius 1 is 0.554 bits per heavy atom. The molecular weight excluding hydrogens is 772 g/mol. The maximum atomic E-state index is 12.8. The van der Waals surface area contributed by atoms with Gasteiger partial charge in [0, 0.05) is 6.07 Å². The number of halogens is 1. The number of benzene rings is 3. The molecule has 0 amide bonds. The monoisotopic (exact) mass is 840 g/mol. The van der Waals surface area contributed by atoms with Gasteiger partial charge in [-0.15, -0.1) is 0 Å². The van der Waals surface area contributed by atoms with Crippen LogP contribution in [0.1, 0.15) is 123 Å². The summed E-state index contributed by atoms with van der Waals surface area (Å²) in [5.41, 5.74) is 1.80. The summed E-state index contributed by atoms with van der Waals surface area (Å²) < 4.78 is 30.3. The van der Waals surface area contributed by atoms with Crippen molar-refractivity contribution < 1.29 is 32.0 Å². The average molecular weight is 842 g/mol. The molecule has 0 aromatic heterocycles. The second-order valence-corrected chi connectivity index (χ2v) is 30.4. The van der Waals surface area contributed by atoms with Crippen LogP contribution in [0.15, 0.2) is 66.7 Å². The summed E-state index contributed by atoms with van der Waals surface area (Å²) in [5.74, 6) is 0.304. The fourth-order valence-electron chi connectivity index (χ4n) is 6.79. The van der Waals surface area contributed by atoms with Crippen LogP contribution >= 0.6 is 11.6 Å². The first kappa shape index (κ1) is 47.6. The Morgan fingerprint density at radius 2 is 1.05 bits per heavy atom. The molecule has 3 rings (SSSR count). The molecule has 0 aliphatic rings. The van der Waals surface area contributed by atoms with E-state index < -0.39 is 37.1 Å². The molecule has 0 bridgehead atoms. The largest absolute Gasteiger partial charge is 0.494 e. The van der Waals surface area contributed by atoms with Gasteiger partial charge in [0.1, 0.15) is 17.2 Å². The number of hydrogen-bond acceptors (Lipinski definition) is 7. The first-order valence-corrected chi connectivity index (χ1v) is 30.7. The molecule has 0 atom stereocenters. The van der Waals surface area contributed by atoms with Crippen molar-refractivity contribution in [2.75, 3.05) is 6.61 Å². The van der Waals surface area contributed by atoms with E-state index in [2.05, 4.69) is 52.8 Å². The fourth-order valence-corrected chi connectivity index (χ4v) is 19.7. The van der Waals surface area contributed by atoms with Gasteiger partial charge in [-0.05, 0) is 125 Å². The molecular formula is C45H69ClO7Si3. The van der Waals surface area contributed by atoms with Gasteiger partial charge in [0.25, 0.3) is 0 Å². The highest BCUT2D eigenvalue weighted by molar-refractivity contribution is 6.87. The van der Waals surface area contributed by atoms with Crippen LogP contribution in [0.2, 0.25) is 56.9 Å². The minimum atomic E-state index is -2.11. The molecule has 0 fully saturated rings. The molecule has 0 radical (unpaired) electrons. The van der Waals surface area contributed by atoms with Crippen molar-refractivity contribution in [2.24, 2.45) is 0 Å². The summed E-state index contributed by atoms with van der Waals surface area (Å²) in [4.78, 5) is 25.6. The summed E-state index contributed by atoms with van der Waals surface area (Å²) >= 11 is 6.41. The van der Waals surface area contributed by atoms with Crippen LogP contribution in [0.3, 0.4) is 0 Å². The van der Waals surface area contributed by atoms with Gasteiger partial charge in [-0.1, -0.05) is 108 Å². The Bertz CT molecular complexity index is 1590. The Morgan fingerprint density at radius 3 is 1.62 bits per heavy atom. The van der Waals surface area contributed by atoms with Crippen LogP contribution in [-0.4, -0.2) is 43.7 Å². The van der Waals surface area contributed by atoms with Gasteiger partial charge in [-0.2, -0.15) is 0 Å². The molecule has 3 aromatic rings. The summed E-state index contributed by atoms with van der Waals surface area (Å²) in [6, 6.07) is 20.1. The molecule has 0 saturated carbocycles. The van der Waals surface area contributed by atoms with Gasteiger partial charge in [0.2, 0.25) is 0 Å². The van der Waals surface area contributed by atoms with Crippen LogP contribution in [-0.2, 0) is 14.7 Å². The van der Waals surface area contributed by atoms with Crippen LogP contribution in [0.25, 0.3) is 0 Å². The number of esters is 2. The third kappa shape index (κ3) is 19.6. The first-order chi connectivity index (χ1) is 26.6. The van der Waals surface area contributed by atoms with Gasteiger partial charge in [-0.25, -0.2) is 9.59 Å². The summed E-state index contributed by atoms with van der Waals surface area (Å²) in [7, 11) is -5.37. The van der Waals surface area contributed by atoms with Gasteiger partial charge in [-0.3, -0.25) is 0 Å². The molecule has 0 aliphatic heterocycles. The topological polar surface area (TPSA) is 80.3 Å². The third-order valence-electron chi connectivity index (χ3n) is 9.25. The molecule has 0 saturated heterocycles. The van der Waals surface area contributed by atoms with E-state index in [1.54, 1.807) is 36.4 Å². The highest BCUT2D eigenvalue weighted by Gasteiger charge is 2.39. The normalized spacial score (nSPS) is 12.1. The van der Waals surface area contributed by atoms with Crippen molar-refractivity contribution in [3.8, 4) is 17.2 Å². The maximum absolute atomic E-state index is 12.8. The van der Waals surface area contributed by atoms with Crippen molar-refractivity contribution in [1.82, 2.24) is 0 Å². The fraction of sp³-hybridized carbons (Fsp3) is 0.556.